The van der Waals surface area contributed by atoms with Crippen molar-refractivity contribution in [3.63, 3.8) is 0 Å². The highest BCUT2D eigenvalue weighted by Gasteiger charge is 2.30. The minimum absolute atomic E-state index is 0.168. The molecule has 1 saturated heterocycles. The first-order valence-corrected chi connectivity index (χ1v) is 7.61. The van der Waals surface area contributed by atoms with Gasteiger partial charge in [0.1, 0.15) is 0 Å². The van der Waals surface area contributed by atoms with Crippen molar-refractivity contribution in [2.75, 3.05) is 13.2 Å². The summed E-state index contributed by atoms with van der Waals surface area (Å²) in [6.45, 7) is 5.57. The molecule has 2 atom stereocenters. The van der Waals surface area contributed by atoms with Gasteiger partial charge in [0.25, 0.3) is 0 Å². The molecule has 1 aliphatic rings. The van der Waals surface area contributed by atoms with Crippen LogP contribution in [-0.4, -0.2) is 27.9 Å². The van der Waals surface area contributed by atoms with Crippen molar-refractivity contribution in [3.8, 4) is 0 Å². The van der Waals surface area contributed by atoms with Crippen LogP contribution in [0.1, 0.15) is 30.7 Å². The summed E-state index contributed by atoms with van der Waals surface area (Å²) < 4.78 is 7.86. The van der Waals surface area contributed by atoms with Crippen molar-refractivity contribution in [2.24, 2.45) is 5.92 Å². The highest BCUT2D eigenvalue weighted by atomic mass is 16.5. The smallest absolute Gasteiger partial charge is 0.0896 e. The molecule has 3 rings (SSSR count). The fourth-order valence-electron chi connectivity index (χ4n) is 2.80. The molecule has 0 aromatic carbocycles. The van der Waals surface area contributed by atoms with Crippen molar-refractivity contribution in [1.29, 1.82) is 0 Å². The van der Waals surface area contributed by atoms with Gasteiger partial charge < -0.3 is 10.1 Å². The van der Waals surface area contributed by atoms with Crippen molar-refractivity contribution in [1.82, 2.24) is 20.1 Å². The molecule has 5 nitrogen and oxygen atoms in total. The Hall–Kier alpha value is -1.72. The van der Waals surface area contributed by atoms with Crippen molar-refractivity contribution in [3.05, 3.63) is 48.0 Å². The molecule has 1 fully saturated rings. The summed E-state index contributed by atoms with van der Waals surface area (Å²) in [4.78, 5) is 4.33. The Balaban J connectivity index is 1.54. The minimum atomic E-state index is 0.168. The van der Waals surface area contributed by atoms with E-state index in [-0.39, 0.29) is 6.10 Å². The molecule has 2 aromatic rings. The Morgan fingerprint density at radius 2 is 2.38 bits per heavy atom. The summed E-state index contributed by atoms with van der Waals surface area (Å²) in [7, 11) is 0. The Bertz CT molecular complexity index is 554. The Kier molecular flexibility index (Phi) is 4.62. The summed E-state index contributed by atoms with van der Waals surface area (Å²) >= 11 is 0. The molecule has 0 aliphatic carbocycles. The number of nitrogens with zero attached hydrogens (tertiary/aromatic N) is 3. The standard InChI is InChI=1S/C16H22N4O/c1-2-20-12-14(10-19-20)16-13(6-8-21-16)9-17-11-15-5-3-4-7-18-15/h3-5,7,10,12-13,16-17H,2,6,8-9,11H2,1H3/t13-,16+/m1/s1. The van der Waals surface area contributed by atoms with Crippen LogP contribution >= 0.6 is 0 Å². The quantitative estimate of drug-likeness (QED) is 0.884. The predicted octanol–water partition coefficient (Wildman–Crippen LogP) is 2.17. The van der Waals surface area contributed by atoms with Gasteiger partial charge in [-0.05, 0) is 25.5 Å². The lowest BCUT2D eigenvalue weighted by Gasteiger charge is -2.17. The van der Waals surface area contributed by atoms with Gasteiger partial charge in [0.05, 0.1) is 18.0 Å². The maximum atomic E-state index is 5.90. The van der Waals surface area contributed by atoms with E-state index in [9.17, 15) is 0 Å². The van der Waals surface area contributed by atoms with E-state index >= 15 is 0 Å². The highest BCUT2D eigenvalue weighted by Crippen LogP contribution is 2.33. The first-order chi connectivity index (χ1) is 10.4. The fraction of sp³-hybridized carbons (Fsp3) is 0.500. The van der Waals surface area contributed by atoms with Gasteiger partial charge in [0.15, 0.2) is 0 Å². The van der Waals surface area contributed by atoms with Crippen LogP contribution in [0, 0.1) is 5.92 Å². The number of rotatable bonds is 6. The summed E-state index contributed by atoms with van der Waals surface area (Å²) in [5.41, 5.74) is 2.27. The monoisotopic (exact) mass is 286 g/mol. The first-order valence-electron chi connectivity index (χ1n) is 7.61. The topological polar surface area (TPSA) is 52.0 Å². The molecule has 5 heteroatoms. The average molecular weight is 286 g/mol. The van der Waals surface area contributed by atoms with Gasteiger partial charge in [0.2, 0.25) is 0 Å². The molecule has 2 aromatic heterocycles. The molecule has 21 heavy (non-hydrogen) atoms. The second kappa shape index (κ2) is 6.83. The van der Waals surface area contributed by atoms with Crippen molar-refractivity contribution in [2.45, 2.75) is 32.5 Å². The Morgan fingerprint density at radius 3 is 3.14 bits per heavy atom. The molecule has 1 aliphatic heterocycles. The second-order valence-electron chi connectivity index (χ2n) is 5.42. The minimum Gasteiger partial charge on any atom is -0.373 e. The summed E-state index contributed by atoms with van der Waals surface area (Å²) in [5.74, 6) is 0.503. The van der Waals surface area contributed by atoms with E-state index < -0.39 is 0 Å². The Labute approximate surface area is 125 Å². The van der Waals surface area contributed by atoms with E-state index in [4.69, 9.17) is 4.74 Å². The van der Waals surface area contributed by atoms with Gasteiger partial charge >= 0.3 is 0 Å². The second-order valence-corrected chi connectivity index (χ2v) is 5.42. The van der Waals surface area contributed by atoms with Crippen molar-refractivity contribution >= 4 is 0 Å². The summed E-state index contributed by atoms with van der Waals surface area (Å²) in [6, 6.07) is 6.00. The van der Waals surface area contributed by atoms with Crippen LogP contribution in [0.25, 0.3) is 0 Å². The zero-order valence-corrected chi connectivity index (χ0v) is 12.4. The average Bonchev–Trinajstić information content (AvgIpc) is 3.16. The maximum Gasteiger partial charge on any atom is 0.0896 e. The first kappa shape index (κ1) is 14.2. The third-order valence-electron chi connectivity index (χ3n) is 3.96. The molecule has 0 spiro atoms. The normalized spacial score (nSPS) is 21.8. The van der Waals surface area contributed by atoms with E-state index in [1.807, 2.05) is 35.3 Å². The van der Waals surface area contributed by atoms with Crippen LogP contribution in [0.2, 0.25) is 0 Å². The van der Waals surface area contributed by atoms with E-state index in [0.717, 1.165) is 38.4 Å². The van der Waals surface area contributed by atoms with Crippen LogP contribution in [0.3, 0.4) is 0 Å². The predicted molar refractivity (Wildman–Crippen MR) is 80.6 cm³/mol. The number of hydrogen-bond donors (Lipinski definition) is 1. The van der Waals surface area contributed by atoms with Crippen molar-refractivity contribution < 1.29 is 4.74 Å². The van der Waals surface area contributed by atoms with Gasteiger partial charge in [-0.3, -0.25) is 9.67 Å². The number of aryl methyl sites for hydroxylation is 1. The number of aromatic nitrogens is 3. The number of hydrogen-bond acceptors (Lipinski definition) is 4. The fourth-order valence-corrected chi connectivity index (χ4v) is 2.80. The number of ether oxygens (including phenoxy) is 1. The zero-order valence-electron chi connectivity index (χ0n) is 12.4. The number of nitrogens with one attached hydrogen (secondary N) is 1. The molecule has 1 N–H and O–H groups in total. The number of pyridine rings is 1. The highest BCUT2D eigenvalue weighted by molar-refractivity contribution is 5.11. The molecule has 3 heterocycles. The van der Waals surface area contributed by atoms with Gasteiger partial charge in [-0.1, -0.05) is 6.07 Å². The third-order valence-corrected chi connectivity index (χ3v) is 3.96. The molecule has 112 valence electrons. The third kappa shape index (κ3) is 3.49. The SMILES string of the molecule is CCn1cc([C@H]2OCC[C@@H]2CNCc2ccccn2)cn1. The molecule has 0 amide bonds. The van der Waals surface area contributed by atoms with Crippen LogP contribution < -0.4 is 5.32 Å². The van der Waals surface area contributed by atoms with Gasteiger partial charge in [-0.25, -0.2) is 0 Å². The largest absolute Gasteiger partial charge is 0.373 e. The van der Waals surface area contributed by atoms with Gasteiger partial charge in [-0.15, -0.1) is 0 Å². The van der Waals surface area contributed by atoms with Crippen LogP contribution in [0.5, 0.6) is 0 Å². The van der Waals surface area contributed by atoms with Gasteiger partial charge in [-0.2, -0.15) is 5.10 Å². The molecule has 0 radical (unpaired) electrons. The zero-order chi connectivity index (χ0) is 14.5. The van der Waals surface area contributed by atoms with E-state index in [0.29, 0.717) is 5.92 Å². The summed E-state index contributed by atoms with van der Waals surface area (Å²) in [6.07, 6.45) is 7.13. The lowest BCUT2D eigenvalue weighted by Crippen LogP contribution is -2.24. The molecule has 0 saturated carbocycles. The van der Waals surface area contributed by atoms with E-state index in [2.05, 4.69) is 28.5 Å². The maximum absolute atomic E-state index is 5.90. The lowest BCUT2D eigenvalue weighted by atomic mass is 9.97. The van der Waals surface area contributed by atoms with Crippen LogP contribution in [0.15, 0.2) is 36.8 Å². The van der Waals surface area contributed by atoms with Gasteiger partial charge in [0, 0.05) is 50.1 Å². The molecule has 0 unspecified atom stereocenters. The Morgan fingerprint density at radius 1 is 1.43 bits per heavy atom. The molecular formula is C16H22N4O. The molecule has 0 bridgehead atoms. The van der Waals surface area contributed by atoms with E-state index in [1.165, 1.54) is 5.56 Å². The molecular weight excluding hydrogens is 264 g/mol. The lowest BCUT2D eigenvalue weighted by molar-refractivity contribution is 0.0903. The van der Waals surface area contributed by atoms with E-state index in [1.54, 1.807) is 0 Å². The van der Waals surface area contributed by atoms with Crippen LogP contribution in [0.4, 0.5) is 0 Å². The van der Waals surface area contributed by atoms with Crippen LogP contribution in [-0.2, 0) is 17.8 Å². The summed E-state index contributed by atoms with van der Waals surface area (Å²) in [5, 5.41) is 7.84.